The van der Waals surface area contributed by atoms with Gasteiger partial charge in [0.15, 0.2) is 11.6 Å². The molecule has 0 saturated heterocycles. The fourth-order valence-electron chi connectivity index (χ4n) is 2.32. The predicted octanol–water partition coefficient (Wildman–Crippen LogP) is 3.47. The van der Waals surface area contributed by atoms with Gasteiger partial charge in [-0.05, 0) is 25.1 Å². The third kappa shape index (κ3) is 2.13. The van der Waals surface area contributed by atoms with Crippen LogP contribution >= 0.6 is 0 Å². The highest BCUT2D eigenvalue weighted by molar-refractivity contribution is 5.95. The molecule has 3 aromatic rings. The van der Waals surface area contributed by atoms with Crippen molar-refractivity contribution in [3.8, 4) is 17.3 Å². The van der Waals surface area contributed by atoms with Gasteiger partial charge in [0, 0.05) is 17.3 Å². The van der Waals surface area contributed by atoms with Crippen LogP contribution in [0.3, 0.4) is 0 Å². The van der Waals surface area contributed by atoms with Crippen LogP contribution in [0.4, 0.5) is 14.5 Å². The Morgan fingerprint density at radius 1 is 1.09 bits per heavy atom. The van der Waals surface area contributed by atoms with Gasteiger partial charge in [-0.3, -0.25) is 0 Å². The molecule has 0 atom stereocenters. The summed E-state index contributed by atoms with van der Waals surface area (Å²) in [7, 11) is 1.51. The van der Waals surface area contributed by atoms with Gasteiger partial charge in [0.1, 0.15) is 0 Å². The van der Waals surface area contributed by atoms with Crippen LogP contribution < -0.4 is 10.5 Å². The average molecular weight is 301 g/mol. The number of aromatic nitrogens is 2. The minimum atomic E-state index is -0.990. The number of rotatable bonds is 2. The lowest BCUT2D eigenvalue weighted by atomic mass is 10.0. The van der Waals surface area contributed by atoms with Gasteiger partial charge < -0.3 is 10.5 Å². The highest BCUT2D eigenvalue weighted by Gasteiger charge is 2.17. The average Bonchev–Trinajstić information content (AvgIpc) is 2.54. The molecule has 2 aromatic heterocycles. The van der Waals surface area contributed by atoms with Crippen LogP contribution in [0.25, 0.3) is 22.3 Å². The van der Waals surface area contributed by atoms with Crippen molar-refractivity contribution in [3.63, 3.8) is 0 Å². The quantitative estimate of drug-likeness (QED) is 0.787. The fourth-order valence-corrected chi connectivity index (χ4v) is 2.32. The van der Waals surface area contributed by atoms with Crippen LogP contribution in [0.2, 0.25) is 0 Å². The summed E-state index contributed by atoms with van der Waals surface area (Å²) < 4.78 is 32.4. The lowest BCUT2D eigenvalue weighted by Crippen LogP contribution is -2.02. The van der Waals surface area contributed by atoms with E-state index in [4.69, 9.17) is 10.5 Å². The van der Waals surface area contributed by atoms with Crippen molar-refractivity contribution in [2.24, 2.45) is 0 Å². The minimum Gasteiger partial charge on any atom is -0.481 e. The Morgan fingerprint density at radius 2 is 1.86 bits per heavy atom. The lowest BCUT2D eigenvalue weighted by molar-refractivity contribution is 0.398. The number of nitrogens with zero attached hydrogens (tertiary/aromatic N) is 2. The third-order valence-electron chi connectivity index (χ3n) is 3.51. The summed E-state index contributed by atoms with van der Waals surface area (Å²) in [5.74, 6) is -1.51. The Bertz CT molecular complexity index is 881. The number of pyridine rings is 2. The summed E-state index contributed by atoms with van der Waals surface area (Å²) in [5, 5.41) is -0.0100. The number of hydrogen-bond donors (Lipinski definition) is 1. The van der Waals surface area contributed by atoms with Crippen molar-refractivity contribution in [2.75, 3.05) is 12.8 Å². The molecule has 0 radical (unpaired) electrons. The van der Waals surface area contributed by atoms with Crippen LogP contribution in [-0.2, 0) is 0 Å². The van der Waals surface area contributed by atoms with Crippen LogP contribution in [-0.4, -0.2) is 17.1 Å². The van der Waals surface area contributed by atoms with Crippen molar-refractivity contribution in [3.05, 3.63) is 47.5 Å². The normalized spacial score (nSPS) is 10.9. The first-order chi connectivity index (χ1) is 10.5. The van der Waals surface area contributed by atoms with Crippen molar-refractivity contribution in [1.29, 1.82) is 0 Å². The molecule has 0 aliphatic heterocycles. The molecule has 0 amide bonds. The number of methoxy groups -OCH3 is 1. The van der Waals surface area contributed by atoms with Gasteiger partial charge in [0.2, 0.25) is 5.88 Å². The fraction of sp³-hybridized carbons (Fsp3) is 0.125. The summed E-state index contributed by atoms with van der Waals surface area (Å²) in [6.45, 7) is 1.70. The molecular weight excluding hydrogens is 288 g/mol. The molecular formula is C16H13F2N3O. The van der Waals surface area contributed by atoms with Gasteiger partial charge in [-0.15, -0.1) is 0 Å². The topological polar surface area (TPSA) is 61.0 Å². The zero-order valence-corrected chi connectivity index (χ0v) is 12.0. The summed E-state index contributed by atoms with van der Waals surface area (Å²) in [4.78, 5) is 8.68. The summed E-state index contributed by atoms with van der Waals surface area (Å²) in [5.41, 5.74) is 8.02. The Hall–Kier alpha value is -2.76. The number of ether oxygens (including phenoxy) is 1. The van der Waals surface area contributed by atoms with E-state index in [0.717, 1.165) is 6.07 Å². The van der Waals surface area contributed by atoms with Gasteiger partial charge >= 0.3 is 0 Å². The van der Waals surface area contributed by atoms with Crippen LogP contribution in [0.15, 0.2) is 30.3 Å². The van der Waals surface area contributed by atoms with Crippen LogP contribution in [0.1, 0.15) is 5.56 Å². The molecule has 3 rings (SSSR count). The molecule has 0 saturated carbocycles. The first-order valence-electron chi connectivity index (χ1n) is 6.58. The van der Waals surface area contributed by atoms with Gasteiger partial charge in [0.25, 0.3) is 0 Å². The SMILES string of the molecule is COc1cccc(-c2nc3ccc(F)c(F)c3c(N)c2C)n1. The standard InChI is InChI=1S/C16H13F2N3O/c1-8-15(19)13-10(7-6-9(17)14(13)18)21-16(8)11-4-3-5-12(20-11)22-2/h3-7H,1-2H3,(H2,19,21). The van der Waals surface area contributed by atoms with E-state index in [2.05, 4.69) is 9.97 Å². The van der Waals surface area contributed by atoms with Gasteiger partial charge in [-0.2, -0.15) is 0 Å². The van der Waals surface area contributed by atoms with E-state index in [9.17, 15) is 8.78 Å². The van der Waals surface area contributed by atoms with Crippen molar-refractivity contribution >= 4 is 16.6 Å². The maximum absolute atomic E-state index is 14.0. The second kappa shape index (κ2) is 5.22. The maximum atomic E-state index is 14.0. The van der Waals surface area contributed by atoms with Gasteiger partial charge in [0.05, 0.1) is 29.4 Å². The molecule has 4 nitrogen and oxygen atoms in total. The zero-order valence-electron chi connectivity index (χ0n) is 12.0. The Labute approximate surface area is 125 Å². The molecule has 6 heteroatoms. The van der Waals surface area contributed by atoms with Crippen LogP contribution in [0, 0.1) is 18.6 Å². The van der Waals surface area contributed by atoms with E-state index in [1.165, 1.54) is 13.2 Å². The highest BCUT2D eigenvalue weighted by atomic mass is 19.2. The molecule has 112 valence electrons. The van der Waals surface area contributed by atoms with E-state index in [1.807, 2.05) is 0 Å². The number of hydrogen-bond acceptors (Lipinski definition) is 4. The van der Waals surface area contributed by atoms with Crippen molar-refractivity contribution < 1.29 is 13.5 Å². The number of nitrogen functional groups attached to an aromatic ring is 1. The molecule has 1 aromatic carbocycles. The lowest BCUT2D eigenvalue weighted by Gasteiger charge is -2.12. The third-order valence-corrected chi connectivity index (χ3v) is 3.51. The van der Waals surface area contributed by atoms with Crippen molar-refractivity contribution in [1.82, 2.24) is 9.97 Å². The number of benzene rings is 1. The van der Waals surface area contributed by atoms with E-state index in [0.29, 0.717) is 22.8 Å². The number of anilines is 1. The van der Waals surface area contributed by atoms with E-state index >= 15 is 0 Å². The van der Waals surface area contributed by atoms with Gasteiger partial charge in [-0.1, -0.05) is 6.07 Å². The smallest absolute Gasteiger partial charge is 0.213 e. The Balaban J connectivity index is 2.32. The monoisotopic (exact) mass is 301 g/mol. The first kappa shape index (κ1) is 14.2. The molecule has 0 bridgehead atoms. The molecule has 0 aliphatic rings. The minimum absolute atomic E-state index is 0.0100. The number of fused-ring (bicyclic) bond motifs is 1. The molecule has 2 N–H and O–H groups in total. The van der Waals surface area contributed by atoms with E-state index < -0.39 is 11.6 Å². The van der Waals surface area contributed by atoms with Gasteiger partial charge in [-0.25, -0.2) is 18.7 Å². The van der Waals surface area contributed by atoms with E-state index in [1.54, 1.807) is 25.1 Å². The molecule has 0 aliphatic carbocycles. The molecule has 0 spiro atoms. The second-order valence-electron chi connectivity index (χ2n) is 4.82. The molecule has 0 unspecified atom stereocenters. The first-order valence-corrected chi connectivity index (χ1v) is 6.58. The van der Waals surface area contributed by atoms with Crippen molar-refractivity contribution in [2.45, 2.75) is 6.92 Å². The predicted molar refractivity (Wildman–Crippen MR) is 80.6 cm³/mol. The highest BCUT2D eigenvalue weighted by Crippen LogP contribution is 2.33. The molecule has 22 heavy (non-hydrogen) atoms. The largest absolute Gasteiger partial charge is 0.481 e. The van der Waals surface area contributed by atoms with Crippen LogP contribution in [0.5, 0.6) is 5.88 Å². The number of nitrogens with two attached hydrogens (primary N) is 1. The number of halogens is 2. The summed E-state index contributed by atoms with van der Waals surface area (Å²) in [6.07, 6.45) is 0. The molecule has 2 heterocycles. The summed E-state index contributed by atoms with van der Waals surface area (Å²) >= 11 is 0. The molecule has 0 fully saturated rings. The Kier molecular flexibility index (Phi) is 3.36. The van der Waals surface area contributed by atoms with E-state index in [-0.39, 0.29) is 16.6 Å². The zero-order chi connectivity index (χ0) is 15.9. The Morgan fingerprint density at radius 3 is 2.59 bits per heavy atom. The summed E-state index contributed by atoms with van der Waals surface area (Å²) in [6, 6.07) is 7.66. The maximum Gasteiger partial charge on any atom is 0.213 e. The second-order valence-corrected chi connectivity index (χ2v) is 4.82.